The number of rotatable bonds is 24. The van der Waals surface area contributed by atoms with E-state index < -0.39 is 0 Å². The molecule has 0 aromatic carbocycles. The average molecular weight is 896 g/mol. The molecule has 0 atom stereocenters. The predicted octanol–water partition coefficient (Wildman–Crippen LogP) is 14.2. The number of pyridine rings is 1. The van der Waals surface area contributed by atoms with Gasteiger partial charge in [-0.05, 0) is 159 Å². The first-order chi connectivity index (χ1) is 30.5. The summed E-state index contributed by atoms with van der Waals surface area (Å²) in [5, 5.41) is 0. The molecule has 2 aliphatic rings. The second-order valence-electron chi connectivity index (χ2n) is 17.2. The number of aromatic nitrogens is 9. The summed E-state index contributed by atoms with van der Waals surface area (Å²) in [5.74, 6) is 3.15. The van der Waals surface area contributed by atoms with E-state index in [0.717, 1.165) is 200 Å². The molecule has 6 heterocycles. The Hall–Kier alpha value is -4.01. The zero-order valence-corrected chi connectivity index (χ0v) is 41.3. The molecule has 0 radical (unpaired) electrons. The van der Waals surface area contributed by atoms with E-state index in [-0.39, 0.29) is 17.1 Å². The fraction of sp³-hybridized carbons (Fsp3) is 0.604. The fourth-order valence-corrected chi connectivity index (χ4v) is 8.40. The Bertz CT molecular complexity index is 1920. The molecule has 0 amide bonds. The molecular formula is C53H77FeN9. The van der Waals surface area contributed by atoms with Gasteiger partial charge in [-0.25, -0.2) is 9.97 Å². The van der Waals surface area contributed by atoms with Gasteiger partial charge in [0.15, 0.2) is 0 Å². The topological polar surface area (TPSA) is 118 Å². The van der Waals surface area contributed by atoms with Gasteiger partial charge in [0.25, 0.3) is 0 Å². The molecule has 0 N–H and O–H groups in total. The minimum absolute atomic E-state index is 0. The Morgan fingerprint density at radius 2 is 0.556 bits per heavy atom. The molecule has 0 unspecified atom stereocenters. The average Bonchev–Trinajstić information content (AvgIpc) is 4.00. The van der Waals surface area contributed by atoms with Crippen LogP contribution in [0.2, 0.25) is 0 Å². The third-order valence-corrected chi connectivity index (χ3v) is 12.1. The molecule has 342 valence electrons. The monoisotopic (exact) mass is 896 g/mol. The predicted molar refractivity (Wildman–Crippen MR) is 261 cm³/mol. The van der Waals surface area contributed by atoms with Crippen molar-refractivity contribution in [3.8, 4) is 0 Å². The molecule has 63 heavy (non-hydrogen) atoms. The van der Waals surface area contributed by atoms with E-state index in [9.17, 15) is 0 Å². The van der Waals surface area contributed by atoms with Crippen LogP contribution in [0.4, 0.5) is 0 Å². The first-order valence-corrected chi connectivity index (χ1v) is 24.9. The van der Waals surface area contributed by atoms with Gasteiger partial charge in [-0.2, -0.15) is 0 Å². The van der Waals surface area contributed by atoms with Gasteiger partial charge >= 0.3 is 17.1 Å². The summed E-state index contributed by atoms with van der Waals surface area (Å²) in [6.07, 6.45) is 28.5. The molecule has 6 rings (SSSR count). The van der Waals surface area contributed by atoms with E-state index in [1.54, 1.807) is 12.4 Å². The van der Waals surface area contributed by atoms with Crippen molar-refractivity contribution in [1.82, 2.24) is 44.9 Å². The van der Waals surface area contributed by atoms with Crippen LogP contribution < -0.4 is 9.97 Å². The molecule has 9 nitrogen and oxygen atoms in total. The van der Waals surface area contributed by atoms with Crippen LogP contribution in [-0.2, 0) is 42.8 Å². The second kappa shape index (κ2) is 28.0. The Balaban J connectivity index is 0.00000115. The minimum Gasteiger partial charge on any atom is -0.358 e. The van der Waals surface area contributed by atoms with Crippen LogP contribution in [0.15, 0.2) is 30.6 Å². The van der Waals surface area contributed by atoms with Gasteiger partial charge in [0, 0.05) is 35.0 Å². The van der Waals surface area contributed by atoms with Crippen molar-refractivity contribution in [2.75, 3.05) is 0 Å². The Morgan fingerprint density at radius 3 is 0.746 bits per heavy atom. The van der Waals surface area contributed by atoms with Crippen molar-refractivity contribution in [2.45, 2.75) is 209 Å². The molecule has 0 saturated heterocycles. The maximum Gasteiger partial charge on any atom is 2.00 e. The van der Waals surface area contributed by atoms with E-state index in [4.69, 9.17) is 39.9 Å². The van der Waals surface area contributed by atoms with Crippen molar-refractivity contribution in [1.29, 1.82) is 0 Å². The standard InChI is InChI=1S/C48H72N8.C5H5N.Fe/c1-9-17-25-33-34(26-18-10-2)42-49-41(33)53-43-35(27-19-11-3)36(28-20-12-4)45(50-43)55-47-39(31-23-15-7)40(32-24-16-8)48(52-47)56-46-38(30-22-14-6)37(29-21-13-5)44(51-46)54-42;1-2-4-6-5-3-1;/h9-32H2,1-8H3;1-5H;/q-2;;+2. The summed E-state index contributed by atoms with van der Waals surface area (Å²) in [5.41, 5.74) is 13.1. The summed E-state index contributed by atoms with van der Waals surface area (Å²) in [6, 6.07) is 5.72. The summed E-state index contributed by atoms with van der Waals surface area (Å²) in [7, 11) is 0. The van der Waals surface area contributed by atoms with E-state index in [1.165, 1.54) is 44.5 Å². The van der Waals surface area contributed by atoms with Crippen LogP contribution >= 0.6 is 0 Å². The van der Waals surface area contributed by atoms with Crippen LogP contribution in [0.5, 0.6) is 0 Å². The molecule has 0 saturated carbocycles. The van der Waals surface area contributed by atoms with Crippen LogP contribution in [0, 0.1) is 0 Å². The summed E-state index contributed by atoms with van der Waals surface area (Å²) in [6.45, 7) is 18.1. The SMILES string of the molecule is CCCCC1=C(CCCC)c2nc1nc1[n-]c(nc3nc(nc4[n-]c(n2)c(CCCC)c4CCCC)C(CCCC)=C3CCCC)c(CCCC)c1CCCC.[Fe+2].c1ccncc1. The van der Waals surface area contributed by atoms with Crippen molar-refractivity contribution < 1.29 is 17.1 Å². The first-order valence-electron chi connectivity index (χ1n) is 24.9. The number of unbranched alkanes of at least 4 members (excludes halogenated alkanes) is 8. The second-order valence-corrected chi connectivity index (χ2v) is 17.2. The molecule has 2 aliphatic heterocycles. The van der Waals surface area contributed by atoms with Gasteiger partial charge in [0.2, 0.25) is 0 Å². The number of aryl methyl sites for hydroxylation is 4. The van der Waals surface area contributed by atoms with Gasteiger partial charge in [-0.1, -0.05) is 113 Å². The van der Waals surface area contributed by atoms with Gasteiger partial charge in [0.05, 0.1) is 23.3 Å². The molecule has 0 aliphatic carbocycles. The molecule has 0 spiro atoms. The zero-order valence-electron chi connectivity index (χ0n) is 40.2. The molecule has 10 heteroatoms. The van der Waals surface area contributed by atoms with Crippen molar-refractivity contribution >= 4 is 44.9 Å². The van der Waals surface area contributed by atoms with Crippen molar-refractivity contribution in [3.05, 3.63) is 76.1 Å². The largest absolute Gasteiger partial charge is 2.00 e. The molecule has 8 bridgehead atoms. The number of hydrogen-bond acceptors (Lipinski definition) is 7. The number of hydrogen-bond donors (Lipinski definition) is 0. The molecule has 4 aromatic rings. The summed E-state index contributed by atoms with van der Waals surface area (Å²) in [4.78, 5) is 47.1. The van der Waals surface area contributed by atoms with E-state index in [0.29, 0.717) is 0 Å². The molecule has 0 fully saturated rings. The Kier molecular flexibility index (Phi) is 23.0. The van der Waals surface area contributed by atoms with Gasteiger partial charge in [0.1, 0.15) is 0 Å². The van der Waals surface area contributed by atoms with Gasteiger partial charge < -0.3 is 29.9 Å². The minimum atomic E-state index is 0. The quantitative estimate of drug-likeness (QED) is 0.0633. The Morgan fingerprint density at radius 1 is 0.317 bits per heavy atom. The van der Waals surface area contributed by atoms with E-state index in [1.807, 2.05) is 18.2 Å². The Labute approximate surface area is 390 Å². The number of nitrogens with zero attached hydrogens (tertiary/aromatic N) is 9. The van der Waals surface area contributed by atoms with Crippen LogP contribution in [0.1, 0.15) is 229 Å². The van der Waals surface area contributed by atoms with E-state index in [2.05, 4.69) is 60.4 Å². The maximum absolute atomic E-state index is 5.47. The smallest absolute Gasteiger partial charge is 0.358 e. The molecule has 4 aromatic heterocycles. The number of allylic oxidation sites excluding steroid dienone is 4. The van der Waals surface area contributed by atoms with Gasteiger partial charge in [-0.15, -0.1) is 0 Å². The summed E-state index contributed by atoms with van der Waals surface area (Å²) >= 11 is 0. The van der Waals surface area contributed by atoms with Crippen molar-refractivity contribution in [2.24, 2.45) is 0 Å². The normalized spacial score (nSPS) is 12.4. The number of fused-ring (bicyclic) bond motifs is 8. The maximum atomic E-state index is 5.47. The third-order valence-electron chi connectivity index (χ3n) is 12.1. The molecular weight excluding hydrogens is 818 g/mol. The van der Waals surface area contributed by atoms with Crippen LogP contribution in [0.3, 0.4) is 0 Å². The third kappa shape index (κ3) is 14.0. The van der Waals surface area contributed by atoms with E-state index >= 15 is 0 Å². The summed E-state index contributed by atoms with van der Waals surface area (Å²) < 4.78 is 0. The fourth-order valence-electron chi connectivity index (χ4n) is 8.40. The first kappa shape index (κ1) is 51.6. The van der Waals surface area contributed by atoms with Crippen LogP contribution in [0.25, 0.3) is 44.9 Å². The van der Waals surface area contributed by atoms with Gasteiger partial charge in [-0.3, -0.25) is 4.98 Å². The zero-order chi connectivity index (χ0) is 44.1. The van der Waals surface area contributed by atoms with Crippen molar-refractivity contribution in [3.63, 3.8) is 0 Å². The van der Waals surface area contributed by atoms with Crippen LogP contribution in [-0.4, -0.2) is 34.9 Å².